The molecule has 0 saturated carbocycles. The zero-order chi connectivity index (χ0) is 13.8. The standard InChI is InChI=1S/C10H11BrClNO4S/c1-2-17-9(14)6-18(15,16)13-8-5-3-4-7(12)10(8)11/h3-5,13H,2,6H2,1H3. The van der Waals surface area contributed by atoms with Crippen LogP contribution in [0.3, 0.4) is 0 Å². The highest BCUT2D eigenvalue weighted by Crippen LogP contribution is 2.30. The molecular weight excluding hydrogens is 346 g/mol. The van der Waals surface area contributed by atoms with Crippen molar-refractivity contribution in [1.82, 2.24) is 0 Å². The second-order valence-corrected chi connectivity index (χ2v) is 6.19. The molecule has 8 heteroatoms. The van der Waals surface area contributed by atoms with Crippen LogP contribution in [0.2, 0.25) is 5.02 Å². The predicted octanol–water partition coefficient (Wildman–Crippen LogP) is 2.41. The van der Waals surface area contributed by atoms with E-state index in [9.17, 15) is 13.2 Å². The van der Waals surface area contributed by atoms with Crippen LogP contribution in [0.15, 0.2) is 22.7 Å². The minimum absolute atomic E-state index is 0.134. The minimum atomic E-state index is -3.81. The van der Waals surface area contributed by atoms with Crippen LogP contribution in [-0.2, 0) is 19.6 Å². The molecule has 0 aliphatic rings. The largest absolute Gasteiger partial charge is 0.465 e. The van der Waals surface area contributed by atoms with Gasteiger partial charge in [-0.05, 0) is 35.0 Å². The number of anilines is 1. The summed E-state index contributed by atoms with van der Waals surface area (Å²) in [4.78, 5) is 11.1. The summed E-state index contributed by atoms with van der Waals surface area (Å²) >= 11 is 8.98. The topological polar surface area (TPSA) is 72.5 Å². The quantitative estimate of drug-likeness (QED) is 0.822. The van der Waals surface area contributed by atoms with Crippen LogP contribution in [-0.4, -0.2) is 26.7 Å². The number of rotatable bonds is 5. The molecule has 0 atom stereocenters. The van der Waals surface area contributed by atoms with Crippen LogP contribution < -0.4 is 4.72 Å². The average molecular weight is 357 g/mol. The summed E-state index contributed by atoms with van der Waals surface area (Å²) in [5, 5.41) is 0.367. The summed E-state index contributed by atoms with van der Waals surface area (Å²) in [5.41, 5.74) is 0.270. The number of nitrogens with one attached hydrogen (secondary N) is 1. The third-order valence-electron chi connectivity index (χ3n) is 1.83. The van der Waals surface area contributed by atoms with Gasteiger partial charge in [0.15, 0.2) is 5.75 Å². The molecule has 100 valence electrons. The van der Waals surface area contributed by atoms with Crippen LogP contribution in [0, 0.1) is 0 Å². The van der Waals surface area contributed by atoms with Gasteiger partial charge < -0.3 is 4.74 Å². The van der Waals surface area contributed by atoms with Crippen molar-refractivity contribution < 1.29 is 17.9 Å². The fourth-order valence-corrected chi connectivity index (χ4v) is 2.78. The van der Waals surface area contributed by atoms with Gasteiger partial charge >= 0.3 is 5.97 Å². The van der Waals surface area contributed by atoms with Gasteiger partial charge in [0.05, 0.1) is 21.8 Å². The molecule has 1 aromatic carbocycles. The van der Waals surface area contributed by atoms with E-state index < -0.39 is 21.7 Å². The maximum Gasteiger partial charge on any atom is 0.323 e. The molecule has 1 aromatic rings. The SMILES string of the molecule is CCOC(=O)CS(=O)(=O)Nc1cccc(Cl)c1Br. The molecule has 0 fully saturated rings. The molecule has 1 N–H and O–H groups in total. The van der Waals surface area contributed by atoms with Crippen LogP contribution >= 0.6 is 27.5 Å². The van der Waals surface area contributed by atoms with Crippen LogP contribution in [0.1, 0.15) is 6.92 Å². The fourth-order valence-electron chi connectivity index (χ4n) is 1.14. The van der Waals surface area contributed by atoms with Crippen molar-refractivity contribution in [2.75, 3.05) is 17.1 Å². The third kappa shape index (κ3) is 4.47. The molecule has 0 amide bonds. The van der Waals surface area contributed by atoms with Crippen LogP contribution in [0.5, 0.6) is 0 Å². The molecule has 0 bridgehead atoms. The van der Waals surface area contributed by atoms with Gasteiger partial charge in [0.1, 0.15) is 0 Å². The van der Waals surface area contributed by atoms with E-state index >= 15 is 0 Å². The normalized spacial score (nSPS) is 11.1. The van der Waals surface area contributed by atoms with E-state index in [4.69, 9.17) is 11.6 Å². The third-order valence-corrected chi connectivity index (χ3v) is 4.37. The lowest BCUT2D eigenvalue weighted by atomic mass is 10.3. The summed E-state index contributed by atoms with van der Waals surface area (Å²) in [6.07, 6.45) is 0. The zero-order valence-corrected chi connectivity index (χ0v) is 12.6. The Morgan fingerprint density at radius 1 is 1.50 bits per heavy atom. The molecule has 0 radical (unpaired) electrons. The Kier molecular flexibility index (Phi) is 5.43. The maximum absolute atomic E-state index is 11.7. The van der Waals surface area contributed by atoms with E-state index in [-0.39, 0.29) is 12.3 Å². The van der Waals surface area contributed by atoms with Crippen molar-refractivity contribution in [3.63, 3.8) is 0 Å². The first kappa shape index (κ1) is 15.3. The van der Waals surface area contributed by atoms with Crippen molar-refractivity contribution in [1.29, 1.82) is 0 Å². The Balaban J connectivity index is 2.83. The van der Waals surface area contributed by atoms with Crippen LogP contribution in [0.25, 0.3) is 0 Å². The zero-order valence-electron chi connectivity index (χ0n) is 9.44. The second kappa shape index (κ2) is 6.40. The molecule has 18 heavy (non-hydrogen) atoms. The first-order valence-corrected chi connectivity index (χ1v) is 7.78. The Hall–Kier alpha value is -0.790. The number of sulfonamides is 1. The predicted molar refractivity (Wildman–Crippen MR) is 73.2 cm³/mol. The van der Waals surface area contributed by atoms with E-state index in [1.165, 1.54) is 6.07 Å². The highest BCUT2D eigenvalue weighted by Gasteiger charge is 2.18. The number of benzene rings is 1. The highest BCUT2D eigenvalue weighted by atomic mass is 79.9. The second-order valence-electron chi connectivity index (χ2n) is 3.27. The van der Waals surface area contributed by atoms with E-state index in [1.807, 2.05) is 0 Å². The van der Waals surface area contributed by atoms with Gasteiger partial charge in [-0.2, -0.15) is 0 Å². The Morgan fingerprint density at radius 2 is 2.17 bits per heavy atom. The number of halogens is 2. The van der Waals surface area contributed by atoms with Crippen molar-refractivity contribution in [2.45, 2.75) is 6.92 Å². The fraction of sp³-hybridized carbons (Fsp3) is 0.300. The number of hydrogen-bond acceptors (Lipinski definition) is 4. The Labute approximate surface area is 119 Å². The van der Waals surface area contributed by atoms with Gasteiger partial charge in [0, 0.05) is 0 Å². The molecule has 0 aliphatic heterocycles. The minimum Gasteiger partial charge on any atom is -0.465 e. The number of ether oxygens (including phenoxy) is 1. The number of carbonyl (C=O) groups is 1. The lowest BCUT2D eigenvalue weighted by Gasteiger charge is -2.09. The van der Waals surface area contributed by atoms with Crippen molar-refractivity contribution >= 4 is 49.2 Å². The smallest absolute Gasteiger partial charge is 0.323 e. The molecule has 0 unspecified atom stereocenters. The number of hydrogen-bond donors (Lipinski definition) is 1. The summed E-state index contributed by atoms with van der Waals surface area (Å²) in [6, 6.07) is 4.72. The Bertz CT molecular complexity index is 547. The molecule has 0 heterocycles. The van der Waals surface area contributed by atoms with Gasteiger partial charge in [-0.1, -0.05) is 17.7 Å². The van der Waals surface area contributed by atoms with Gasteiger partial charge in [-0.3, -0.25) is 9.52 Å². The van der Waals surface area contributed by atoms with E-state index in [0.29, 0.717) is 9.50 Å². The summed E-state index contributed by atoms with van der Waals surface area (Å²) in [7, 11) is -3.81. The molecule has 5 nitrogen and oxygen atoms in total. The molecule has 0 aromatic heterocycles. The van der Waals surface area contributed by atoms with Crippen molar-refractivity contribution in [3.8, 4) is 0 Å². The first-order valence-electron chi connectivity index (χ1n) is 4.96. The molecule has 0 aliphatic carbocycles. The highest BCUT2D eigenvalue weighted by molar-refractivity contribution is 9.10. The van der Waals surface area contributed by atoms with Crippen molar-refractivity contribution in [2.24, 2.45) is 0 Å². The molecule has 0 spiro atoms. The molecular formula is C10H11BrClNO4S. The summed E-state index contributed by atoms with van der Waals surface area (Å²) in [5.74, 6) is -1.54. The lowest BCUT2D eigenvalue weighted by Crippen LogP contribution is -2.24. The average Bonchev–Trinajstić information content (AvgIpc) is 2.24. The maximum atomic E-state index is 11.7. The lowest BCUT2D eigenvalue weighted by molar-refractivity contribution is -0.139. The van der Waals surface area contributed by atoms with Gasteiger partial charge in [0.25, 0.3) is 0 Å². The van der Waals surface area contributed by atoms with Gasteiger partial charge in [0.2, 0.25) is 10.0 Å². The Morgan fingerprint density at radius 3 is 2.78 bits per heavy atom. The molecule has 0 saturated heterocycles. The number of esters is 1. The first-order chi connectivity index (χ1) is 8.35. The van der Waals surface area contributed by atoms with E-state index in [1.54, 1.807) is 19.1 Å². The summed E-state index contributed by atoms with van der Waals surface area (Å²) < 4.78 is 30.6. The van der Waals surface area contributed by atoms with Crippen molar-refractivity contribution in [3.05, 3.63) is 27.7 Å². The monoisotopic (exact) mass is 355 g/mol. The van der Waals surface area contributed by atoms with Gasteiger partial charge in [-0.25, -0.2) is 8.42 Å². The van der Waals surface area contributed by atoms with E-state index in [2.05, 4.69) is 25.4 Å². The number of carbonyl (C=O) groups excluding carboxylic acids is 1. The van der Waals surface area contributed by atoms with Gasteiger partial charge in [-0.15, -0.1) is 0 Å². The van der Waals surface area contributed by atoms with E-state index in [0.717, 1.165) is 0 Å². The molecule has 1 rings (SSSR count). The van der Waals surface area contributed by atoms with Crippen LogP contribution in [0.4, 0.5) is 5.69 Å². The summed E-state index contributed by atoms with van der Waals surface area (Å²) in [6.45, 7) is 1.74.